The highest BCUT2D eigenvalue weighted by molar-refractivity contribution is 9.10. The van der Waals surface area contributed by atoms with Crippen molar-refractivity contribution >= 4 is 32.8 Å². The van der Waals surface area contributed by atoms with Crippen LogP contribution in [-0.4, -0.2) is 26.3 Å². The van der Waals surface area contributed by atoms with Gasteiger partial charge in [-0.3, -0.25) is 4.79 Å². The molecule has 7 rings (SSSR count). The van der Waals surface area contributed by atoms with Crippen molar-refractivity contribution in [3.63, 3.8) is 0 Å². The van der Waals surface area contributed by atoms with Crippen LogP contribution in [0.15, 0.2) is 46.6 Å². The van der Waals surface area contributed by atoms with Gasteiger partial charge in [-0.2, -0.15) is 0 Å². The summed E-state index contributed by atoms with van der Waals surface area (Å²) < 4.78 is 1.06. The van der Waals surface area contributed by atoms with Gasteiger partial charge in [0.25, 0.3) is 5.97 Å². The van der Waals surface area contributed by atoms with Crippen LogP contribution in [0.5, 0.6) is 11.5 Å². The maximum atomic E-state index is 11.0. The molecule has 0 unspecified atom stereocenters. The molecule has 4 aliphatic carbocycles. The molecule has 5 nitrogen and oxygen atoms in total. The average molecular weight is 663 g/mol. The number of H-pyrrole nitrogens is 1. The van der Waals surface area contributed by atoms with Crippen LogP contribution >= 0.6 is 15.9 Å². The van der Waals surface area contributed by atoms with Crippen LogP contribution in [-0.2, 0) is 10.2 Å². The van der Waals surface area contributed by atoms with Crippen LogP contribution in [0, 0.1) is 35.0 Å². The summed E-state index contributed by atoms with van der Waals surface area (Å²) >= 11 is 3.64. The number of carbonyl (C=O) groups is 1. The zero-order valence-corrected chi connectivity index (χ0v) is 28.9. The topological polar surface area (TPSA) is 93.6 Å². The van der Waals surface area contributed by atoms with Crippen LogP contribution in [0.25, 0.3) is 10.9 Å². The van der Waals surface area contributed by atoms with E-state index in [0.29, 0.717) is 5.41 Å². The molecule has 1 heterocycles. The maximum absolute atomic E-state index is 11.0. The third-order valence-corrected chi connectivity index (χ3v) is 13.6. The monoisotopic (exact) mass is 661 g/mol. The lowest BCUT2D eigenvalue weighted by atomic mass is 9.35. The molecule has 4 N–H and O–H groups in total. The van der Waals surface area contributed by atoms with E-state index in [1.165, 1.54) is 60.6 Å². The van der Waals surface area contributed by atoms with Crippen LogP contribution in [0.2, 0.25) is 0 Å². The number of aliphatic carboxylic acids is 1. The Morgan fingerprint density at radius 1 is 1.02 bits per heavy atom. The normalized spacial score (nSPS) is 35.7. The third-order valence-electron chi connectivity index (χ3n) is 13.1. The molecule has 3 saturated carbocycles. The van der Waals surface area contributed by atoms with Gasteiger partial charge in [-0.15, -0.1) is 0 Å². The third kappa shape index (κ3) is 4.40. The average Bonchev–Trinajstić information content (AvgIpc) is 3.37. The minimum atomic E-state index is -0.833. The number of allylic oxidation sites excluding steroid dienone is 2. The van der Waals surface area contributed by atoms with Crippen molar-refractivity contribution in [3.05, 3.63) is 68.8 Å². The fourth-order valence-corrected chi connectivity index (χ4v) is 10.8. The molecule has 2 aromatic carbocycles. The number of aromatic amines is 1. The van der Waals surface area contributed by atoms with Gasteiger partial charge in [-0.25, -0.2) is 0 Å². The molecule has 0 aliphatic heterocycles. The molecule has 6 heteroatoms. The number of fused-ring (bicyclic) bond motifs is 8. The van der Waals surface area contributed by atoms with E-state index < -0.39 is 5.97 Å². The molecule has 0 amide bonds. The van der Waals surface area contributed by atoms with Gasteiger partial charge in [0.05, 0.1) is 0 Å². The van der Waals surface area contributed by atoms with E-state index in [4.69, 9.17) is 9.90 Å². The number of benzene rings is 2. The SMILES string of the molecule is CC(=O)O.Cc1c(O)c(O)cc2c1[C@H](c1c[nH]c3cc(Br)ccc13)C=C1[C@@]2(C)CC[C@@]2(C)[C@@H]3C[C@@H](C)CC[C@]3(C)CC[C@]12C. The number of aromatic nitrogens is 1. The molecule has 4 aliphatic rings. The van der Waals surface area contributed by atoms with Crippen LogP contribution in [0.1, 0.15) is 115 Å². The first-order valence-electron chi connectivity index (χ1n) is 16.3. The molecule has 7 atom stereocenters. The van der Waals surface area contributed by atoms with Crippen molar-refractivity contribution < 1.29 is 20.1 Å². The summed E-state index contributed by atoms with van der Waals surface area (Å²) in [6.07, 6.45) is 13.7. The lowest BCUT2D eigenvalue weighted by Gasteiger charge is -2.69. The van der Waals surface area contributed by atoms with Crippen LogP contribution in [0.3, 0.4) is 0 Å². The quantitative estimate of drug-likeness (QED) is 0.154. The highest BCUT2D eigenvalue weighted by atomic mass is 79.9. The van der Waals surface area contributed by atoms with E-state index in [1.807, 2.05) is 13.0 Å². The Hall–Kier alpha value is -2.73. The van der Waals surface area contributed by atoms with E-state index in [1.54, 1.807) is 5.57 Å². The first-order chi connectivity index (χ1) is 20.6. The molecule has 0 spiro atoms. The van der Waals surface area contributed by atoms with Gasteiger partial charge in [0.2, 0.25) is 0 Å². The first kappa shape index (κ1) is 31.3. The number of rotatable bonds is 1. The number of phenolic OH excluding ortho intramolecular Hbond substituents is 2. The summed E-state index contributed by atoms with van der Waals surface area (Å²) in [4.78, 5) is 12.5. The van der Waals surface area contributed by atoms with Crippen molar-refractivity contribution in [3.8, 4) is 11.5 Å². The van der Waals surface area contributed by atoms with Crippen molar-refractivity contribution in [1.82, 2.24) is 4.98 Å². The summed E-state index contributed by atoms with van der Waals surface area (Å²) in [6.45, 7) is 15.8. The summed E-state index contributed by atoms with van der Waals surface area (Å²) in [5.74, 6) is 0.734. The Labute approximate surface area is 270 Å². The van der Waals surface area contributed by atoms with Gasteiger partial charge in [-0.1, -0.05) is 74.7 Å². The summed E-state index contributed by atoms with van der Waals surface area (Å²) in [5.41, 5.74) is 7.70. The Balaban J connectivity index is 0.000000810. The molecular weight excluding hydrogens is 614 g/mol. The molecule has 0 saturated heterocycles. The highest BCUT2D eigenvalue weighted by Crippen LogP contribution is 2.74. The van der Waals surface area contributed by atoms with Crippen molar-refractivity contribution in [2.24, 2.45) is 28.1 Å². The highest BCUT2D eigenvalue weighted by Gasteiger charge is 2.65. The number of nitrogens with one attached hydrogen (secondary N) is 1. The van der Waals surface area contributed by atoms with Gasteiger partial charge in [-0.05, 0) is 114 Å². The number of carboxylic acids is 1. The fraction of sp³-hybridized carbons (Fsp3) is 0.553. The van der Waals surface area contributed by atoms with E-state index >= 15 is 0 Å². The standard InChI is InChI=1S/C36H44BrNO2.C2H4O2/c1-20-9-10-33(3)11-13-36(6)30-17-24(25-19-38-27-16-22(37)7-8-23(25)27)31-21(2)32(40)28(39)18-26(31)34(30,4)12-14-35(36,5)29(33)15-20;1-2(3)4/h7-8,16-20,24,29,38-40H,9-15H2,1-6H3;1H3,(H,3,4)/t20-,24-,29+,33+,34-,35-,36+;/m0./s1. The second-order valence-corrected chi connectivity index (χ2v) is 16.4. The maximum Gasteiger partial charge on any atom is 0.300 e. The predicted octanol–water partition coefficient (Wildman–Crippen LogP) is 10.1. The largest absolute Gasteiger partial charge is 0.504 e. The summed E-state index contributed by atoms with van der Waals surface area (Å²) in [6, 6.07) is 8.37. The smallest absolute Gasteiger partial charge is 0.300 e. The molecule has 3 fully saturated rings. The molecule has 1 aromatic heterocycles. The first-order valence-corrected chi connectivity index (χ1v) is 17.1. The molecule has 3 aromatic rings. The number of halogens is 1. The van der Waals surface area contributed by atoms with Crippen LogP contribution < -0.4 is 0 Å². The Bertz CT molecular complexity index is 1690. The summed E-state index contributed by atoms with van der Waals surface area (Å²) in [7, 11) is 0. The number of hydrogen-bond donors (Lipinski definition) is 4. The van der Waals surface area contributed by atoms with Gasteiger partial charge in [0.1, 0.15) is 0 Å². The van der Waals surface area contributed by atoms with Gasteiger partial charge in [0.15, 0.2) is 11.5 Å². The van der Waals surface area contributed by atoms with Gasteiger partial charge in [0, 0.05) is 39.8 Å². The minimum Gasteiger partial charge on any atom is -0.504 e. The zero-order chi connectivity index (χ0) is 32.0. The molecule has 44 heavy (non-hydrogen) atoms. The van der Waals surface area contributed by atoms with Gasteiger partial charge >= 0.3 is 0 Å². The number of carboxylic acid groups (broad SMARTS) is 1. The van der Waals surface area contributed by atoms with Crippen LogP contribution in [0.4, 0.5) is 0 Å². The summed E-state index contributed by atoms with van der Waals surface area (Å²) in [5, 5.41) is 30.6. The Morgan fingerprint density at radius 3 is 2.43 bits per heavy atom. The van der Waals surface area contributed by atoms with E-state index in [-0.39, 0.29) is 33.7 Å². The Kier molecular flexibility index (Phi) is 7.39. The van der Waals surface area contributed by atoms with Crippen molar-refractivity contribution in [2.45, 2.75) is 105 Å². The lowest BCUT2D eigenvalue weighted by molar-refractivity contribution is -0.145. The molecule has 0 bridgehead atoms. The van der Waals surface area contributed by atoms with Gasteiger partial charge < -0.3 is 20.3 Å². The fourth-order valence-electron chi connectivity index (χ4n) is 10.4. The lowest BCUT2D eigenvalue weighted by Crippen LogP contribution is -2.61. The Morgan fingerprint density at radius 2 is 1.73 bits per heavy atom. The van der Waals surface area contributed by atoms with Crippen molar-refractivity contribution in [1.29, 1.82) is 0 Å². The second kappa shape index (κ2) is 10.4. The minimum absolute atomic E-state index is 0.0103. The second-order valence-electron chi connectivity index (χ2n) is 15.5. The number of phenols is 2. The molecule has 236 valence electrons. The molecule has 0 radical (unpaired) electrons. The number of hydrogen-bond acceptors (Lipinski definition) is 3. The predicted molar refractivity (Wildman–Crippen MR) is 180 cm³/mol. The van der Waals surface area contributed by atoms with E-state index in [9.17, 15) is 10.2 Å². The van der Waals surface area contributed by atoms with E-state index in [2.05, 4.69) is 86.0 Å². The number of aromatic hydroxyl groups is 2. The van der Waals surface area contributed by atoms with Crippen molar-refractivity contribution in [2.75, 3.05) is 0 Å². The zero-order valence-electron chi connectivity index (χ0n) is 27.3. The van der Waals surface area contributed by atoms with E-state index in [0.717, 1.165) is 40.7 Å². The molecular formula is C38H48BrNO4.